The van der Waals surface area contributed by atoms with E-state index in [0.29, 0.717) is 42.1 Å². The molecule has 0 bridgehead atoms. The number of halogens is 2. The molecule has 2 N–H and O–H groups in total. The van der Waals surface area contributed by atoms with Gasteiger partial charge in [0, 0.05) is 42.9 Å². The predicted octanol–water partition coefficient (Wildman–Crippen LogP) is 2.54. The van der Waals surface area contributed by atoms with Crippen molar-refractivity contribution in [2.45, 2.75) is 25.8 Å². The molecule has 156 valence electrons. The number of hydrogen-bond donors (Lipinski definition) is 2. The van der Waals surface area contributed by atoms with Crippen LogP contribution in [0.25, 0.3) is 11.4 Å². The van der Waals surface area contributed by atoms with Gasteiger partial charge in [-0.1, -0.05) is 16.8 Å². The number of benzene rings is 1. The van der Waals surface area contributed by atoms with Crippen LogP contribution in [-0.2, 0) is 16.3 Å². The average molecular weight is 542 g/mol. The van der Waals surface area contributed by atoms with Crippen molar-refractivity contribution in [2.75, 3.05) is 25.6 Å². The fourth-order valence-corrected chi connectivity index (χ4v) is 3.16. The molecule has 28 heavy (non-hydrogen) atoms. The first-order valence-corrected chi connectivity index (χ1v) is 10.9. The third kappa shape index (κ3) is 8.74. The lowest BCUT2D eigenvalue weighted by Crippen LogP contribution is -2.43. The van der Waals surface area contributed by atoms with E-state index in [-0.39, 0.29) is 35.8 Å². The van der Waals surface area contributed by atoms with E-state index in [1.54, 1.807) is 19.2 Å². The van der Waals surface area contributed by atoms with Crippen LogP contribution in [0.3, 0.4) is 0 Å². The fraction of sp³-hybridized carbons (Fsp3) is 0.471. The number of nitrogens with zero attached hydrogens (tertiary/aromatic N) is 3. The van der Waals surface area contributed by atoms with Crippen molar-refractivity contribution in [3.63, 3.8) is 0 Å². The maximum absolute atomic E-state index is 11.2. The summed E-state index contributed by atoms with van der Waals surface area (Å²) in [6.07, 6.45) is 2.27. The van der Waals surface area contributed by atoms with Gasteiger partial charge in [0.2, 0.25) is 11.7 Å². The summed E-state index contributed by atoms with van der Waals surface area (Å²) in [7, 11) is -1.32. The zero-order valence-electron chi connectivity index (χ0n) is 16.0. The Balaban J connectivity index is 0.00000392. The molecule has 1 unspecified atom stereocenters. The van der Waals surface area contributed by atoms with Gasteiger partial charge in [0.05, 0.1) is 5.75 Å². The summed E-state index contributed by atoms with van der Waals surface area (Å²) in [6.45, 7) is 2.45. The Hall–Kier alpha value is -1.40. The SMILES string of the molecule is CN=C(NCCc1nc(-c2ccc(Cl)cc2)no1)NC(C)CCS(C)(=O)=O.I. The van der Waals surface area contributed by atoms with Crippen molar-refractivity contribution < 1.29 is 12.9 Å². The van der Waals surface area contributed by atoms with Crippen molar-refractivity contribution in [2.24, 2.45) is 4.99 Å². The largest absolute Gasteiger partial charge is 0.356 e. The van der Waals surface area contributed by atoms with Crippen LogP contribution in [0.4, 0.5) is 0 Å². The van der Waals surface area contributed by atoms with E-state index in [2.05, 4.69) is 25.8 Å². The van der Waals surface area contributed by atoms with Crippen LogP contribution in [0.2, 0.25) is 5.02 Å². The van der Waals surface area contributed by atoms with Gasteiger partial charge in [0.25, 0.3) is 0 Å². The number of guanidine groups is 1. The van der Waals surface area contributed by atoms with Crippen molar-refractivity contribution in [3.05, 3.63) is 35.2 Å². The molecule has 0 aliphatic carbocycles. The lowest BCUT2D eigenvalue weighted by atomic mass is 10.2. The molecule has 1 heterocycles. The second-order valence-electron chi connectivity index (χ2n) is 6.23. The van der Waals surface area contributed by atoms with Crippen molar-refractivity contribution in [1.29, 1.82) is 0 Å². The number of rotatable bonds is 8. The maximum Gasteiger partial charge on any atom is 0.228 e. The molecular weight excluding hydrogens is 517 g/mol. The summed E-state index contributed by atoms with van der Waals surface area (Å²) < 4.78 is 27.7. The number of aromatic nitrogens is 2. The van der Waals surface area contributed by atoms with E-state index in [0.717, 1.165) is 5.56 Å². The zero-order valence-corrected chi connectivity index (χ0v) is 19.9. The monoisotopic (exact) mass is 541 g/mol. The van der Waals surface area contributed by atoms with E-state index in [9.17, 15) is 8.42 Å². The number of nitrogens with one attached hydrogen (secondary N) is 2. The standard InChI is InChI=1S/C17H24ClN5O3S.HI/c1-12(9-11-27(3,24)25)21-17(19-2)20-10-8-15-22-16(23-26-15)13-4-6-14(18)7-5-13;/h4-7,12H,8-11H2,1-3H3,(H2,19,20,21);1H. The summed E-state index contributed by atoms with van der Waals surface area (Å²) in [5.41, 5.74) is 0.833. The van der Waals surface area contributed by atoms with E-state index >= 15 is 0 Å². The quantitative estimate of drug-likeness (QED) is 0.300. The van der Waals surface area contributed by atoms with Gasteiger partial charge in [0.1, 0.15) is 9.84 Å². The molecule has 1 aromatic heterocycles. The number of sulfone groups is 1. The van der Waals surface area contributed by atoms with Crippen molar-refractivity contribution >= 4 is 51.4 Å². The third-order valence-electron chi connectivity index (χ3n) is 3.73. The summed E-state index contributed by atoms with van der Waals surface area (Å²) in [5, 5.41) is 10.9. The maximum atomic E-state index is 11.2. The van der Waals surface area contributed by atoms with Gasteiger partial charge >= 0.3 is 0 Å². The Morgan fingerprint density at radius 3 is 2.61 bits per heavy atom. The Kier molecular flexibility index (Phi) is 10.2. The van der Waals surface area contributed by atoms with Crippen molar-refractivity contribution in [1.82, 2.24) is 20.8 Å². The normalized spacial score (nSPS) is 12.9. The molecule has 1 aromatic carbocycles. The molecule has 8 nitrogen and oxygen atoms in total. The first-order valence-electron chi connectivity index (χ1n) is 8.50. The second kappa shape index (κ2) is 11.6. The Morgan fingerprint density at radius 1 is 1.32 bits per heavy atom. The minimum absolute atomic E-state index is 0. The van der Waals surface area contributed by atoms with E-state index in [1.165, 1.54) is 6.26 Å². The number of aliphatic imine (C=N–C) groups is 1. The van der Waals surface area contributed by atoms with E-state index in [1.807, 2.05) is 19.1 Å². The lowest BCUT2D eigenvalue weighted by molar-refractivity contribution is 0.378. The van der Waals surface area contributed by atoms with Gasteiger partial charge < -0.3 is 15.2 Å². The average Bonchev–Trinajstić information content (AvgIpc) is 3.08. The lowest BCUT2D eigenvalue weighted by Gasteiger charge is -2.17. The summed E-state index contributed by atoms with van der Waals surface area (Å²) in [4.78, 5) is 8.49. The Bertz CT molecular complexity index is 871. The molecule has 1 atom stereocenters. The molecule has 2 rings (SSSR count). The molecule has 0 fully saturated rings. The fourth-order valence-electron chi connectivity index (χ4n) is 2.25. The summed E-state index contributed by atoms with van der Waals surface area (Å²) >= 11 is 5.87. The highest BCUT2D eigenvalue weighted by Crippen LogP contribution is 2.18. The molecule has 0 amide bonds. The topological polar surface area (TPSA) is 109 Å². The van der Waals surface area contributed by atoms with E-state index < -0.39 is 9.84 Å². The molecular formula is C17H25ClIN5O3S. The van der Waals surface area contributed by atoms with Gasteiger partial charge in [-0.15, -0.1) is 24.0 Å². The van der Waals surface area contributed by atoms with Crippen molar-refractivity contribution in [3.8, 4) is 11.4 Å². The van der Waals surface area contributed by atoms with Crippen LogP contribution in [0.1, 0.15) is 19.2 Å². The van der Waals surface area contributed by atoms with Crippen LogP contribution >= 0.6 is 35.6 Å². The highest BCUT2D eigenvalue weighted by atomic mass is 127. The van der Waals surface area contributed by atoms with Crippen LogP contribution in [0.5, 0.6) is 0 Å². The number of hydrogen-bond acceptors (Lipinski definition) is 6. The third-order valence-corrected chi connectivity index (χ3v) is 4.96. The predicted molar refractivity (Wildman–Crippen MR) is 122 cm³/mol. The minimum Gasteiger partial charge on any atom is -0.356 e. The first kappa shape index (κ1) is 24.6. The Morgan fingerprint density at radius 2 is 2.00 bits per heavy atom. The smallest absolute Gasteiger partial charge is 0.228 e. The van der Waals surface area contributed by atoms with Crippen LogP contribution in [0.15, 0.2) is 33.8 Å². The Labute approximate surface area is 187 Å². The molecule has 0 saturated carbocycles. The van der Waals surface area contributed by atoms with Crippen LogP contribution in [-0.4, -0.2) is 56.2 Å². The zero-order chi connectivity index (χ0) is 19.9. The van der Waals surface area contributed by atoms with E-state index in [4.69, 9.17) is 16.1 Å². The van der Waals surface area contributed by atoms with Gasteiger partial charge in [-0.2, -0.15) is 4.98 Å². The molecule has 11 heteroatoms. The van der Waals surface area contributed by atoms with Gasteiger partial charge in [-0.3, -0.25) is 4.99 Å². The highest BCUT2D eigenvalue weighted by Gasteiger charge is 2.11. The molecule has 2 aromatic rings. The molecule has 0 aliphatic rings. The molecule has 0 aliphatic heterocycles. The first-order chi connectivity index (χ1) is 12.8. The molecule has 0 spiro atoms. The van der Waals surface area contributed by atoms with Crippen LogP contribution < -0.4 is 10.6 Å². The van der Waals surface area contributed by atoms with Gasteiger partial charge in [0.15, 0.2) is 5.96 Å². The highest BCUT2D eigenvalue weighted by molar-refractivity contribution is 14.0. The summed E-state index contributed by atoms with van der Waals surface area (Å²) in [6, 6.07) is 7.19. The van der Waals surface area contributed by atoms with Gasteiger partial charge in [-0.25, -0.2) is 8.42 Å². The molecule has 0 saturated heterocycles. The van der Waals surface area contributed by atoms with Gasteiger partial charge in [-0.05, 0) is 37.6 Å². The minimum atomic E-state index is -2.97. The second-order valence-corrected chi connectivity index (χ2v) is 8.93. The van der Waals surface area contributed by atoms with Crippen LogP contribution in [0, 0.1) is 0 Å². The summed E-state index contributed by atoms with van der Waals surface area (Å²) in [5.74, 6) is 1.74. The molecule has 0 radical (unpaired) electrons.